The summed E-state index contributed by atoms with van der Waals surface area (Å²) in [5.74, 6) is 1.71. The molecule has 3 rings (SSSR count). The predicted molar refractivity (Wildman–Crippen MR) is 75.2 cm³/mol. The number of furan rings is 1. The smallest absolute Gasteiger partial charge is 0.138 e. The van der Waals surface area contributed by atoms with Crippen molar-refractivity contribution < 1.29 is 19.0 Å². The van der Waals surface area contributed by atoms with Crippen LogP contribution in [0.3, 0.4) is 0 Å². The predicted octanol–water partition coefficient (Wildman–Crippen LogP) is 3.73. The number of phenols is 1. The number of methoxy groups -OCH3 is 1. The van der Waals surface area contributed by atoms with Crippen LogP contribution >= 0.6 is 0 Å². The Hall–Kier alpha value is -2.62. The quantitative estimate of drug-likeness (QED) is 0.785. The molecule has 20 heavy (non-hydrogen) atoms. The van der Waals surface area contributed by atoms with E-state index in [-0.39, 0.29) is 5.75 Å². The first-order valence-corrected chi connectivity index (χ1v) is 6.23. The Bertz CT molecular complexity index is 713. The van der Waals surface area contributed by atoms with Gasteiger partial charge in [0.2, 0.25) is 0 Å². The summed E-state index contributed by atoms with van der Waals surface area (Å²) in [4.78, 5) is 0. The monoisotopic (exact) mass is 270 g/mol. The van der Waals surface area contributed by atoms with Gasteiger partial charge in [0, 0.05) is 5.56 Å². The number of aromatic hydroxyl groups is 1. The Balaban J connectivity index is 1.79. The molecule has 4 nitrogen and oxygen atoms in total. The van der Waals surface area contributed by atoms with Crippen LogP contribution in [0.15, 0.2) is 53.1 Å². The Labute approximate surface area is 116 Å². The molecule has 0 atom stereocenters. The SMILES string of the molecule is COc1ccc(OCc2coc3cccc(O)c23)cc1. The van der Waals surface area contributed by atoms with E-state index < -0.39 is 0 Å². The molecule has 0 fully saturated rings. The third-order valence-electron chi connectivity index (χ3n) is 3.11. The Morgan fingerprint density at radius 3 is 2.55 bits per heavy atom. The molecule has 1 aromatic heterocycles. The highest BCUT2D eigenvalue weighted by Crippen LogP contribution is 2.30. The molecule has 0 unspecified atom stereocenters. The van der Waals surface area contributed by atoms with Crippen molar-refractivity contribution in [2.24, 2.45) is 0 Å². The van der Waals surface area contributed by atoms with Crippen LogP contribution in [0, 0.1) is 0 Å². The molecule has 0 aliphatic carbocycles. The van der Waals surface area contributed by atoms with Crippen LogP contribution in [-0.4, -0.2) is 12.2 Å². The van der Waals surface area contributed by atoms with Gasteiger partial charge in [-0.2, -0.15) is 0 Å². The minimum absolute atomic E-state index is 0.199. The lowest BCUT2D eigenvalue weighted by atomic mass is 10.1. The maximum absolute atomic E-state index is 9.87. The van der Waals surface area contributed by atoms with Gasteiger partial charge in [0.1, 0.15) is 29.4 Å². The minimum Gasteiger partial charge on any atom is -0.507 e. The summed E-state index contributed by atoms with van der Waals surface area (Å²) in [6, 6.07) is 12.5. The second-order valence-electron chi connectivity index (χ2n) is 4.38. The zero-order chi connectivity index (χ0) is 13.9. The van der Waals surface area contributed by atoms with Gasteiger partial charge in [-0.25, -0.2) is 0 Å². The van der Waals surface area contributed by atoms with E-state index in [2.05, 4.69) is 0 Å². The van der Waals surface area contributed by atoms with Crippen LogP contribution in [0.1, 0.15) is 5.56 Å². The minimum atomic E-state index is 0.199. The summed E-state index contributed by atoms with van der Waals surface area (Å²) in [6.45, 7) is 0.330. The molecule has 4 heteroatoms. The van der Waals surface area contributed by atoms with Gasteiger partial charge >= 0.3 is 0 Å². The molecule has 0 aliphatic rings. The Morgan fingerprint density at radius 2 is 1.80 bits per heavy atom. The van der Waals surface area contributed by atoms with Crippen molar-refractivity contribution >= 4 is 11.0 Å². The molecule has 0 amide bonds. The molecule has 102 valence electrons. The fraction of sp³-hybridized carbons (Fsp3) is 0.125. The van der Waals surface area contributed by atoms with Crippen LogP contribution in [0.2, 0.25) is 0 Å². The highest BCUT2D eigenvalue weighted by Gasteiger charge is 2.10. The summed E-state index contributed by atoms with van der Waals surface area (Å²) in [5.41, 5.74) is 1.47. The molecular formula is C16H14O4. The molecule has 1 heterocycles. The maximum atomic E-state index is 9.87. The summed E-state index contributed by atoms with van der Waals surface area (Å²) >= 11 is 0. The average Bonchev–Trinajstić information content (AvgIpc) is 2.90. The van der Waals surface area contributed by atoms with Crippen molar-refractivity contribution in [3.8, 4) is 17.2 Å². The molecule has 2 aromatic carbocycles. The zero-order valence-corrected chi connectivity index (χ0v) is 11.0. The van der Waals surface area contributed by atoms with Crippen LogP contribution in [0.25, 0.3) is 11.0 Å². The standard InChI is InChI=1S/C16H14O4/c1-18-12-5-7-13(8-6-12)19-9-11-10-20-15-4-2-3-14(17)16(11)15/h2-8,10,17H,9H2,1H3. The highest BCUT2D eigenvalue weighted by molar-refractivity contribution is 5.87. The van der Waals surface area contributed by atoms with E-state index in [0.717, 1.165) is 17.1 Å². The normalized spacial score (nSPS) is 10.7. The number of hydrogen-bond acceptors (Lipinski definition) is 4. The first kappa shape index (κ1) is 12.4. The number of phenolic OH excluding ortho intramolecular Hbond substituents is 1. The van der Waals surface area contributed by atoms with Gasteiger partial charge < -0.3 is 19.0 Å². The molecule has 1 N–H and O–H groups in total. The van der Waals surface area contributed by atoms with E-state index in [1.165, 1.54) is 0 Å². The highest BCUT2D eigenvalue weighted by atomic mass is 16.5. The van der Waals surface area contributed by atoms with E-state index in [4.69, 9.17) is 13.9 Å². The molecule has 0 bridgehead atoms. The molecular weight excluding hydrogens is 256 g/mol. The molecule has 0 spiro atoms. The van der Waals surface area contributed by atoms with Gasteiger partial charge in [-0.05, 0) is 36.4 Å². The lowest BCUT2D eigenvalue weighted by Crippen LogP contribution is -1.94. The first-order chi connectivity index (χ1) is 9.78. The molecule has 0 saturated carbocycles. The fourth-order valence-electron chi connectivity index (χ4n) is 2.07. The summed E-state index contributed by atoms with van der Waals surface area (Å²) in [6.07, 6.45) is 1.61. The number of hydrogen-bond donors (Lipinski definition) is 1. The summed E-state index contributed by atoms with van der Waals surface area (Å²) in [5, 5.41) is 10.6. The molecule has 0 radical (unpaired) electrons. The van der Waals surface area contributed by atoms with Crippen molar-refractivity contribution in [1.82, 2.24) is 0 Å². The van der Waals surface area contributed by atoms with Gasteiger partial charge in [0.25, 0.3) is 0 Å². The zero-order valence-electron chi connectivity index (χ0n) is 11.0. The topological polar surface area (TPSA) is 51.8 Å². The molecule has 3 aromatic rings. The largest absolute Gasteiger partial charge is 0.507 e. The van der Waals surface area contributed by atoms with Crippen molar-refractivity contribution in [2.75, 3.05) is 7.11 Å². The van der Waals surface area contributed by atoms with Crippen molar-refractivity contribution in [1.29, 1.82) is 0 Å². The van der Waals surface area contributed by atoms with E-state index in [0.29, 0.717) is 17.6 Å². The second-order valence-corrected chi connectivity index (χ2v) is 4.38. The van der Waals surface area contributed by atoms with Gasteiger partial charge in [-0.1, -0.05) is 6.07 Å². The van der Waals surface area contributed by atoms with Gasteiger partial charge in [-0.3, -0.25) is 0 Å². The maximum Gasteiger partial charge on any atom is 0.138 e. The third-order valence-corrected chi connectivity index (χ3v) is 3.11. The van der Waals surface area contributed by atoms with E-state index in [9.17, 15) is 5.11 Å². The first-order valence-electron chi connectivity index (χ1n) is 6.23. The Kier molecular flexibility index (Phi) is 3.21. The van der Waals surface area contributed by atoms with Crippen LogP contribution in [0.4, 0.5) is 0 Å². The number of ether oxygens (including phenoxy) is 2. The van der Waals surface area contributed by atoms with Gasteiger partial charge in [-0.15, -0.1) is 0 Å². The average molecular weight is 270 g/mol. The molecule has 0 aliphatic heterocycles. The lowest BCUT2D eigenvalue weighted by molar-refractivity contribution is 0.305. The van der Waals surface area contributed by atoms with Crippen molar-refractivity contribution in [3.63, 3.8) is 0 Å². The third kappa shape index (κ3) is 2.28. The lowest BCUT2D eigenvalue weighted by Gasteiger charge is -2.06. The van der Waals surface area contributed by atoms with Crippen LogP contribution < -0.4 is 9.47 Å². The fourth-order valence-corrected chi connectivity index (χ4v) is 2.07. The van der Waals surface area contributed by atoms with Crippen LogP contribution in [-0.2, 0) is 6.61 Å². The summed E-state index contributed by atoms with van der Waals surface area (Å²) in [7, 11) is 1.62. The second kappa shape index (κ2) is 5.17. The van der Waals surface area contributed by atoms with Gasteiger partial charge in [0.15, 0.2) is 0 Å². The van der Waals surface area contributed by atoms with E-state index in [1.807, 2.05) is 30.3 Å². The molecule has 0 saturated heterocycles. The van der Waals surface area contributed by atoms with Crippen molar-refractivity contribution in [3.05, 3.63) is 54.3 Å². The van der Waals surface area contributed by atoms with Crippen LogP contribution in [0.5, 0.6) is 17.2 Å². The van der Waals surface area contributed by atoms with E-state index in [1.54, 1.807) is 25.5 Å². The summed E-state index contributed by atoms with van der Waals surface area (Å²) < 4.78 is 16.2. The number of fused-ring (bicyclic) bond motifs is 1. The number of benzene rings is 2. The van der Waals surface area contributed by atoms with Crippen molar-refractivity contribution in [2.45, 2.75) is 6.61 Å². The Morgan fingerprint density at radius 1 is 1.05 bits per heavy atom. The number of rotatable bonds is 4. The van der Waals surface area contributed by atoms with Gasteiger partial charge in [0.05, 0.1) is 18.8 Å². The van der Waals surface area contributed by atoms with E-state index >= 15 is 0 Å².